The molecule has 0 N–H and O–H groups in total. The van der Waals surface area contributed by atoms with Crippen molar-refractivity contribution in [2.75, 3.05) is 6.61 Å². The predicted molar refractivity (Wildman–Crippen MR) is 203 cm³/mol. The zero-order valence-electron chi connectivity index (χ0n) is 28.5. The molecule has 2 aliphatic rings. The number of carbonyl (C=O) groups is 1. The molecule has 0 spiro atoms. The van der Waals surface area contributed by atoms with Crippen molar-refractivity contribution in [1.82, 2.24) is 4.90 Å². The van der Waals surface area contributed by atoms with Crippen molar-refractivity contribution < 1.29 is 9.22 Å². The molecule has 6 heteroatoms. The summed E-state index contributed by atoms with van der Waals surface area (Å²) in [6.45, 7) is 13.6. The highest BCUT2D eigenvalue weighted by Gasteiger charge is 2.55. The number of piperidine rings is 1. The summed E-state index contributed by atoms with van der Waals surface area (Å²) in [6.07, 6.45) is 5.34. The molecule has 3 nitrogen and oxygen atoms in total. The molecule has 0 bridgehead atoms. The van der Waals surface area contributed by atoms with Crippen LogP contribution in [0.5, 0.6) is 0 Å². The summed E-state index contributed by atoms with van der Waals surface area (Å²) in [5.41, 5.74) is 1.59. The van der Waals surface area contributed by atoms with E-state index in [1.807, 2.05) is 30.3 Å². The van der Waals surface area contributed by atoms with Gasteiger partial charge in [-0.15, -0.1) is 6.58 Å². The average molecular weight is 697 g/mol. The van der Waals surface area contributed by atoms with E-state index in [4.69, 9.17) is 27.6 Å². The number of amides is 1. The third-order valence-corrected chi connectivity index (χ3v) is 16.1. The average Bonchev–Trinajstić information content (AvgIpc) is 3.91. The maximum absolute atomic E-state index is 15.1. The van der Waals surface area contributed by atoms with Crippen LogP contribution < -0.4 is 10.4 Å². The number of carbonyl (C=O) groups excluding carboxylic acids is 1. The zero-order valence-corrected chi connectivity index (χ0v) is 31.1. The van der Waals surface area contributed by atoms with Gasteiger partial charge in [-0.1, -0.05) is 142 Å². The van der Waals surface area contributed by atoms with E-state index < -0.39 is 13.7 Å². The molecule has 1 saturated carbocycles. The molecular formula is C42H47Cl2NO2Si. The van der Waals surface area contributed by atoms with Gasteiger partial charge in [0.15, 0.2) is 0 Å². The van der Waals surface area contributed by atoms with Crippen LogP contribution in [0.1, 0.15) is 76.5 Å². The Morgan fingerprint density at radius 1 is 0.875 bits per heavy atom. The van der Waals surface area contributed by atoms with Gasteiger partial charge in [-0.05, 0) is 82.4 Å². The molecule has 0 radical (unpaired) electrons. The van der Waals surface area contributed by atoms with Gasteiger partial charge in [-0.2, -0.15) is 0 Å². The Balaban J connectivity index is 1.51. The second kappa shape index (κ2) is 14.0. The topological polar surface area (TPSA) is 29.5 Å². The third kappa shape index (κ3) is 6.70. The maximum Gasteiger partial charge on any atom is 0.261 e. The van der Waals surface area contributed by atoms with E-state index in [-0.39, 0.29) is 28.9 Å². The van der Waals surface area contributed by atoms with E-state index in [0.717, 1.165) is 24.0 Å². The van der Waals surface area contributed by atoms with Gasteiger partial charge in [0.05, 0.1) is 24.1 Å². The fourth-order valence-electron chi connectivity index (χ4n) is 8.15. The van der Waals surface area contributed by atoms with Crippen molar-refractivity contribution in [1.29, 1.82) is 0 Å². The van der Waals surface area contributed by atoms with E-state index in [0.29, 0.717) is 35.4 Å². The predicted octanol–water partition coefficient (Wildman–Crippen LogP) is 9.99. The minimum absolute atomic E-state index is 0.0154. The number of rotatable bonds is 11. The molecule has 6 rings (SSSR count). The molecule has 4 atom stereocenters. The van der Waals surface area contributed by atoms with Gasteiger partial charge in [-0.25, -0.2) is 0 Å². The van der Waals surface area contributed by atoms with Crippen LogP contribution in [0.4, 0.5) is 0 Å². The summed E-state index contributed by atoms with van der Waals surface area (Å²) in [5.74, 6) is 0.540. The Morgan fingerprint density at radius 2 is 1.48 bits per heavy atom. The molecular weight excluding hydrogens is 649 g/mol. The van der Waals surface area contributed by atoms with Crippen molar-refractivity contribution in [3.63, 3.8) is 0 Å². The first-order valence-electron chi connectivity index (χ1n) is 17.2. The van der Waals surface area contributed by atoms with Crippen molar-refractivity contribution in [2.24, 2.45) is 11.3 Å². The van der Waals surface area contributed by atoms with Gasteiger partial charge < -0.3 is 9.33 Å². The Hall–Kier alpha value is -3.15. The van der Waals surface area contributed by atoms with Crippen LogP contribution in [0.3, 0.4) is 0 Å². The molecule has 1 amide bonds. The molecule has 4 aromatic rings. The summed E-state index contributed by atoms with van der Waals surface area (Å²) >= 11 is 13.1. The Bertz CT molecular complexity index is 1680. The number of likely N-dealkylation sites (tertiary alicyclic amines) is 1. The largest absolute Gasteiger partial charge is 0.405 e. The number of hydrogen-bond donors (Lipinski definition) is 0. The van der Waals surface area contributed by atoms with Crippen LogP contribution >= 0.6 is 23.2 Å². The molecule has 1 saturated heterocycles. The lowest BCUT2D eigenvalue weighted by molar-refractivity contribution is -0.156. The minimum Gasteiger partial charge on any atom is -0.405 e. The molecule has 4 aromatic carbocycles. The first-order chi connectivity index (χ1) is 23.0. The van der Waals surface area contributed by atoms with Crippen molar-refractivity contribution >= 4 is 47.8 Å². The highest BCUT2D eigenvalue weighted by atomic mass is 35.5. The van der Waals surface area contributed by atoms with Gasteiger partial charge in [0.2, 0.25) is 5.91 Å². The number of allylic oxidation sites excluding steroid dienone is 1. The SMILES string of the molecule is C=CC[C@@]1(C)CC(c2cccc(Cl)c2)[C@@H](c2ccc(Cl)cc2)N([C@H](CO[Si](c2ccccc2)(c2ccccc2)C(C)(C)C)C2CC2)C1=O. The smallest absolute Gasteiger partial charge is 0.261 e. The van der Waals surface area contributed by atoms with E-state index in [9.17, 15) is 0 Å². The Morgan fingerprint density at radius 3 is 2.00 bits per heavy atom. The maximum atomic E-state index is 15.1. The first-order valence-corrected chi connectivity index (χ1v) is 19.8. The van der Waals surface area contributed by atoms with Crippen LogP contribution in [-0.4, -0.2) is 31.8 Å². The standard InChI is InChI=1S/C42H47Cl2NO2Si/c1-6-26-42(5)28-37(32-14-13-15-34(44)27-32)39(31-22-24-33(43)25-23-31)45(40(42)46)38(30-20-21-30)29-47-48(41(2,3)4,35-16-9-7-10-17-35)36-18-11-8-12-19-36/h6-19,22-25,27,30,37-39H,1,20-21,26,28-29H2,2-5H3/t37?,38-,39-,42+/m1/s1. The van der Waals surface area contributed by atoms with E-state index in [1.165, 1.54) is 10.4 Å². The van der Waals surface area contributed by atoms with E-state index in [1.54, 1.807) is 0 Å². The highest BCUT2D eigenvalue weighted by molar-refractivity contribution is 6.99. The van der Waals surface area contributed by atoms with Gasteiger partial charge in [0.25, 0.3) is 8.32 Å². The molecule has 1 aliphatic carbocycles. The van der Waals surface area contributed by atoms with Gasteiger partial charge in [0, 0.05) is 16.0 Å². The fraction of sp³-hybridized carbons (Fsp3) is 0.357. The molecule has 250 valence electrons. The lowest BCUT2D eigenvalue weighted by Gasteiger charge is -2.53. The molecule has 1 heterocycles. The lowest BCUT2D eigenvalue weighted by atomic mass is 9.67. The van der Waals surface area contributed by atoms with E-state index >= 15 is 4.79 Å². The highest BCUT2D eigenvalue weighted by Crippen LogP contribution is 2.54. The molecule has 48 heavy (non-hydrogen) atoms. The van der Waals surface area contributed by atoms with Crippen molar-refractivity contribution in [3.8, 4) is 0 Å². The molecule has 2 fully saturated rings. The fourth-order valence-corrected chi connectivity index (χ4v) is 13.0. The van der Waals surface area contributed by atoms with Crippen molar-refractivity contribution in [3.05, 3.63) is 143 Å². The summed E-state index contributed by atoms with van der Waals surface area (Å²) in [7, 11) is -2.85. The lowest BCUT2D eigenvalue weighted by Crippen LogP contribution is -2.68. The number of nitrogens with zero attached hydrogens (tertiary/aromatic N) is 1. The third-order valence-electron chi connectivity index (χ3n) is 10.6. The minimum atomic E-state index is -2.85. The quantitative estimate of drug-likeness (QED) is 0.115. The molecule has 1 aliphatic heterocycles. The normalized spacial score (nSPS) is 22.4. The van der Waals surface area contributed by atoms with Gasteiger partial charge in [-0.3, -0.25) is 4.79 Å². The second-order valence-electron chi connectivity index (χ2n) is 15.0. The summed E-state index contributed by atoms with van der Waals surface area (Å²) in [4.78, 5) is 17.4. The Kier molecular flexibility index (Phi) is 10.1. The van der Waals surface area contributed by atoms with E-state index in [2.05, 4.69) is 124 Å². The summed E-state index contributed by atoms with van der Waals surface area (Å²) in [6, 6.07) is 37.5. The van der Waals surface area contributed by atoms with Crippen LogP contribution in [0.2, 0.25) is 15.1 Å². The van der Waals surface area contributed by atoms with Crippen LogP contribution in [0.15, 0.2) is 122 Å². The summed E-state index contributed by atoms with van der Waals surface area (Å²) in [5, 5.41) is 3.69. The van der Waals surface area contributed by atoms with Crippen LogP contribution in [0, 0.1) is 11.3 Å². The zero-order chi connectivity index (χ0) is 34.1. The summed E-state index contributed by atoms with van der Waals surface area (Å²) < 4.78 is 7.61. The Labute approximate surface area is 298 Å². The van der Waals surface area contributed by atoms with Crippen LogP contribution in [0.25, 0.3) is 0 Å². The monoisotopic (exact) mass is 695 g/mol. The second-order valence-corrected chi connectivity index (χ2v) is 20.2. The van der Waals surface area contributed by atoms with Crippen LogP contribution in [-0.2, 0) is 9.22 Å². The number of halogens is 2. The number of hydrogen-bond acceptors (Lipinski definition) is 2. The van der Waals surface area contributed by atoms with Gasteiger partial charge >= 0.3 is 0 Å². The first kappa shape index (κ1) is 34.7. The number of benzene rings is 4. The molecule has 0 aromatic heterocycles. The van der Waals surface area contributed by atoms with Crippen molar-refractivity contribution in [2.45, 2.75) is 76.4 Å². The molecule has 1 unspecified atom stereocenters. The van der Waals surface area contributed by atoms with Gasteiger partial charge in [0.1, 0.15) is 0 Å².